The minimum Gasteiger partial charge on any atom is -0.484 e. The number of rotatable bonds is 3. The first kappa shape index (κ1) is 14.8. The molecule has 18 heavy (non-hydrogen) atoms. The third kappa shape index (κ3) is 3.89. The normalized spacial score (nSPS) is 18.3. The SMILES string of the molecule is Cc1cccc(OCC(=O)N2CCC(N)C2)c1.Cl. The van der Waals surface area contributed by atoms with Crippen molar-refractivity contribution in [2.45, 2.75) is 19.4 Å². The van der Waals surface area contributed by atoms with Crippen molar-refractivity contribution in [1.29, 1.82) is 0 Å². The van der Waals surface area contributed by atoms with Gasteiger partial charge in [0.15, 0.2) is 6.61 Å². The van der Waals surface area contributed by atoms with E-state index in [0.717, 1.165) is 24.3 Å². The van der Waals surface area contributed by atoms with Gasteiger partial charge in [-0.1, -0.05) is 12.1 Å². The Kier molecular flexibility index (Phi) is 5.44. The molecule has 1 aromatic carbocycles. The maximum absolute atomic E-state index is 11.8. The molecule has 2 rings (SSSR count). The summed E-state index contributed by atoms with van der Waals surface area (Å²) in [7, 11) is 0. The summed E-state index contributed by atoms with van der Waals surface area (Å²) in [4.78, 5) is 13.6. The molecule has 1 amide bonds. The molecule has 1 fully saturated rings. The van der Waals surface area contributed by atoms with Crippen molar-refractivity contribution < 1.29 is 9.53 Å². The Hall–Kier alpha value is -1.26. The lowest BCUT2D eigenvalue weighted by molar-refractivity contribution is -0.132. The molecule has 0 bridgehead atoms. The zero-order chi connectivity index (χ0) is 12.3. The van der Waals surface area contributed by atoms with Crippen molar-refractivity contribution in [3.63, 3.8) is 0 Å². The van der Waals surface area contributed by atoms with Crippen molar-refractivity contribution >= 4 is 18.3 Å². The molecule has 2 N–H and O–H groups in total. The Morgan fingerprint density at radius 1 is 1.56 bits per heavy atom. The Morgan fingerprint density at radius 2 is 2.33 bits per heavy atom. The number of benzene rings is 1. The second kappa shape index (κ2) is 6.61. The molecule has 1 unspecified atom stereocenters. The molecule has 1 atom stereocenters. The Morgan fingerprint density at radius 3 is 2.94 bits per heavy atom. The molecule has 0 aromatic heterocycles. The van der Waals surface area contributed by atoms with E-state index in [2.05, 4.69) is 0 Å². The number of nitrogens with zero attached hydrogens (tertiary/aromatic N) is 1. The molecule has 5 heteroatoms. The lowest BCUT2D eigenvalue weighted by Crippen LogP contribution is -2.35. The van der Waals surface area contributed by atoms with Gasteiger partial charge in [0.2, 0.25) is 0 Å². The molecule has 1 heterocycles. The summed E-state index contributed by atoms with van der Waals surface area (Å²) in [5.74, 6) is 0.751. The molecule has 100 valence electrons. The van der Waals surface area contributed by atoms with Crippen molar-refractivity contribution in [3.8, 4) is 5.75 Å². The highest BCUT2D eigenvalue weighted by molar-refractivity contribution is 5.85. The molecule has 1 aromatic rings. The third-order valence-electron chi connectivity index (χ3n) is 2.93. The number of hydrogen-bond donors (Lipinski definition) is 1. The zero-order valence-electron chi connectivity index (χ0n) is 10.5. The van der Waals surface area contributed by atoms with E-state index < -0.39 is 0 Å². The van der Waals surface area contributed by atoms with Gasteiger partial charge in [0.1, 0.15) is 5.75 Å². The van der Waals surface area contributed by atoms with E-state index >= 15 is 0 Å². The number of ether oxygens (including phenoxy) is 1. The Labute approximate surface area is 114 Å². The van der Waals surface area contributed by atoms with Crippen molar-refractivity contribution in [3.05, 3.63) is 29.8 Å². The molecule has 1 aliphatic rings. The van der Waals surface area contributed by atoms with Crippen molar-refractivity contribution in [2.75, 3.05) is 19.7 Å². The summed E-state index contributed by atoms with van der Waals surface area (Å²) in [6.45, 7) is 3.48. The topological polar surface area (TPSA) is 55.6 Å². The highest BCUT2D eigenvalue weighted by Crippen LogP contribution is 2.13. The fourth-order valence-corrected chi connectivity index (χ4v) is 1.96. The molecule has 1 aliphatic heterocycles. The maximum Gasteiger partial charge on any atom is 0.260 e. The summed E-state index contributed by atoms with van der Waals surface area (Å²) >= 11 is 0. The van der Waals surface area contributed by atoms with Crippen molar-refractivity contribution in [2.24, 2.45) is 5.73 Å². The molecule has 1 saturated heterocycles. The fraction of sp³-hybridized carbons (Fsp3) is 0.462. The number of likely N-dealkylation sites (tertiary alicyclic amines) is 1. The minimum absolute atomic E-state index is 0. The predicted molar refractivity (Wildman–Crippen MR) is 73.1 cm³/mol. The largest absolute Gasteiger partial charge is 0.484 e. The molecule has 0 aliphatic carbocycles. The molecule has 4 nitrogen and oxygen atoms in total. The van der Waals surface area contributed by atoms with Crippen LogP contribution in [-0.4, -0.2) is 36.5 Å². The standard InChI is InChI=1S/C13H18N2O2.ClH/c1-10-3-2-4-12(7-10)17-9-13(16)15-6-5-11(14)8-15;/h2-4,7,11H,5-6,8-9,14H2,1H3;1H. The smallest absolute Gasteiger partial charge is 0.260 e. The van der Waals surface area contributed by atoms with Gasteiger partial charge in [0.25, 0.3) is 5.91 Å². The Balaban J connectivity index is 0.00000162. The fourth-order valence-electron chi connectivity index (χ4n) is 1.96. The molecular formula is C13H19ClN2O2. The van der Waals surface area contributed by atoms with Crippen LogP contribution in [0.2, 0.25) is 0 Å². The minimum atomic E-state index is 0. The Bertz CT molecular complexity index is 412. The van der Waals surface area contributed by atoms with Crippen LogP contribution in [0.15, 0.2) is 24.3 Å². The van der Waals surface area contributed by atoms with Crippen LogP contribution in [0.4, 0.5) is 0 Å². The zero-order valence-corrected chi connectivity index (χ0v) is 11.3. The van der Waals surface area contributed by atoms with Gasteiger partial charge in [-0.25, -0.2) is 0 Å². The van der Waals surface area contributed by atoms with E-state index in [9.17, 15) is 4.79 Å². The summed E-state index contributed by atoms with van der Waals surface area (Å²) < 4.78 is 5.46. The highest BCUT2D eigenvalue weighted by atomic mass is 35.5. The van der Waals surface area contributed by atoms with Crippen LogP contribution in [0.25, 0.3) is 0 Å². The monoisotopic (exact) mass is 270 g/mol. The lowest BCUT2D eigenvalue weighted by atomic mass is 10.2. The van der Waals surface area contributed by atoms with Crippen molar-refractivity contribution in [1.82, 2.24) is 4.90 Å². The number of carbonyl (C=O) groups is 1. The van der Waals surface area contributed by atoms with E-state index in [0.29, 0.717) is 6.54 Å². The van der Waals surface area contributed by atoms with Crippen LogP contribution in [0.1, 0.15) is 12.0 Å². The van der Waals surface area contributed by atoms with Gasteiger partial charge in [-0.3, -0.25) is 4.79 Å². The van der Waals surface area contributed by atoms with Crippen LogP contribution < -0.4 is 10.5 Å². The van der Waals surface area contributed by atoms with Crippen LogP contribution in [-0.2, 0) is 4.79 Å². The van der Waals surface area contributed by atoms with E-state index in [1.807, 2.05) is 31.2 Å². The number of halogens is 1. The number of nitrogens with two attached hydrogens (primary N) is 1. The molecular weight excluding hydrogens is 252 g/mol. The van der Waals surface area contributed by atoms with Gasteiger partial charge in [-0.15, -0.1) is 12.4 Å². The van der Waals surface area contributed by atoms with Gasteiger partial charge < -0.3 is 15.4 Å². The number of aryl methyl sites for hydroxylation is 1. The van der Waals surface area contributed by atoms with E-state index in [1.165, 1.54) is 0 Å². The average Bonchev–Trinajstić information content (AvgIpc) is 2.73. The summed E-state index contributed by atoms with van der Waals surface area (Å²) in [5, 5.41) is 0. The first-order valence-corrected chi connectivity index (χ1v) is 5.88. The second-order valence-corrected chi connectivity index (χ2v) is 4.49. The van der Waals surface area contributed by atoms with E-state index in [-0.39, 0.29) is 31.0 Å². The second-order valence-electron chi connectivity index (χ2n) is 4.49. The molecule has 0 saturated carbocycles. The lowest BCUT2D eigenvalue weighted by Gasteiger charge is -2.16. The van der Waals surface area contributed by atoms with Gasteiger partial charge in [-0.05, 0) is 31.0 Å². The van der Waals surface area contributed by atoms with Gasteiger partial charge >= 0.3 is 0 Å². The van der Waals surface area contributed by atoms with E-state index in [4.69, 9.17) is 10.5 Å². The third-order valence-corrected chi connectivity index (χ3v) is 2.93. The first-order chi connectivity index (χ1) is 8.15. The van der Waals surface area contributed by atoms with Gasteiger partial charge in [0.05, 0.1) is 0 Å². The summed E-state index contributed by atoms with van der Waals surface area (Å²) in [5.41, 5.74) is 6.88. The summed E-state index contributed by atoms with van der Waals surface area (Å²) in [6.07, 6.45) is 0.885. The number of amides is 1. The van der Waals surface area contributed by atoms with E-state index in [1.54, 1.807) is 4.90 Å². The number of carbonyl (C=O) groups excluding carboxylic acids is 1. The predicted octanol–water partition coefficient (Wildman–Crippen LogP) is 1.36. The van der Waals surface area contributed by atoms with Crippen LogP contribution in [0.3, 0.4) is 0 Å². The van der Waals surface area contributed by atoms with Crippen LogP contribution in [0, 0.1) is 6.92 Å². The molecule has 0 radical (unpaired) electrons. The maximum atomic E-state index is 11.8. The van der Waals surface area contributed by atoms with Gasteiger partial charge in [-0.2, -0.15) is 0 Å². The van der Waals surface area contributed by atoms with Crippen LogP contribution in [0.5, 0.6) is 5.75 Å². The highest BCUT2D eigenvalue weighted by Gasteiger charge is 2.23. The average molecular weight is 271 g/mol. The summed E-state index contributed by atoms with van der Waals surface area (Å²) in [6, 6.07) is 7.81. The van der Waals surface area contributed by atoms with Crippen LogP contribution >= 0.6 is 12.4 Å². The molecule has 0 spiro atoms. The number of hydrogen-bond acceptors (Lipinski definition) is 3. The quantitative estimate of drug-likeness (QED) is 0.902. The van der Waals surface area contributed by atoms with Gasteiger partial charge in [0, 0.05) is 19.1 Å². The first-order valence-electron chi connectivity index (χ1n) is 5.88.